The highest BCUT2D eigenvalue weighted by molar-refractivity contribution is 9.10. The van der Waals surface area contributed by atoms with Gasteiger partial charge in [-0.15, -0.1) is 12.4 Å². The monoisotopic (exact) mass is 384 g/mol. The van der Waals surface area contributed by atoms with Gasteiger partial charge in [0.05, 0.1) is 12.2 Å². The van der Waals surface area contributed by atoms with Crippen molar-refractivity contribution < 1.29 is 4.79 Å². The minimum absolute atomic E-state index is 0. The van der Waals surface area contributed by atoms with Gasteiger partial charge in [-0.05, 0) is 37.6 Å². The molecular weight excluding hydrogens is 368 g/mol. The van der Waals surface area contributed by atoms with Crippen molar-refractivity contribution in [2.75, 3.05) is 0 Å². The van der Waals surface area contributed by atoms with Gasteiger partial charge in [0.1, 0.15) is 11.4 Å². The summed E-state index contributed by atoms with van der Waals surface area (Å²) in [5.41, 5.74) is 6.58. The fourth-order valence-corrected chi connectivity index (χ4v) is 2.15. The molecule has 0 fully saturated rings. The number of aromatic nitrogens is 2. The van der Waals surface area contributed by atoms with E-state index in [1.165, 1.54) is 0 Å². The fraction of sp³-hybridized carbons (Fsp3) is 0.267. The molecule has 0 saturated heterocycles. The van der Waals surface area contributed by atoms with Crippen LogP contribution in [0.15, 0.2) is 41.0 Å². The summed E-state index contributed by atoms with van der Waals surface area (Å²) >= 11 is 3.36. The zero-order valence-electron chi connectivity index (χ0n) is 12.3. The maximum atomic E-state index is 12.3. The van der Waals surface area contributed by atoms with Gasteiger partial charge in [-0.1, -0.05) is 28.1 Å². The molecule has 5 nitrogen and oxygen atoms in total. The van der Waals surface area contributed by atoms with Gasteiger partial charge >= 0.3 is 0 Å². The minimum atomic E-state index is -1.09. The summed E-state index contributed by atoms with van der Waals surface area (Å²) in [4.78, 5) is 20.6. The zero-order chi connectivity index (χ0) is 15.5. The van der Waals surface area contributed by atoms with E-state index >= 15 is 0 Å². The molecule has 0 radical (unpaired) electrons. The van der Waals surface area contributed by atoms with E-state index in [1.54, 1.807) is 26.1 Å². The molecule has 0 aliphatic rings. The number of nitrogens with two attached hydrogens (primary N) is 1. The number of nitrogens with one attached hydrogen (secondary N) is 1. The Kier molecular flexibility index (Phi) is 6.47. The standard InChI is InChI=1S/C15H17BrN4O.ClH/c1-10-18-8-7-13(20-10)9-19-14(21)15(2,17)11-3-5-12(16)6-4-11;/h3-8H,9,17H2,1-2H3,(H,19,21);1H. The van der Waals surface area contributed by atoms with Crippen molar-refractivity contribution in [3.05, 3.63) is 58.1 Å². The van der Waals surface area contributed by atoms with Gasteiger partial charge in [-0.3, -0.25) is 4.79 Å². The second-order valence-electron chi connectivity index (χ2n) is 4.99. The quantitative estimate of drug-likeness (QED) is 0.847. The predicted octanol–water partition coefficient (Wildman–Crippen LogP) is 2.46. The Labute approximate surface area is 144 Å². The van der Waals surface area contributed by atoms with Crippen molar-refractivity contribution in [2.45, 2.75) is 25.9 Å². The number of rotatable bonds is 4. The predicted molar refractivity (Wildman–Crippen MR) is 91.5 cm³/mol. The van der Waals surface area contributed by atoms with E-state index in [2.05, 4.69) is 31.2 Å². The number of aryl methyl sites for hydroxylation is 1. The molecule has 1 aromatic heterocycles. The van der Waals surface area contributed by atoms with Gasteiger partial charge in [0.25, 0.3) is 0 Å². The number of nitrogens with zero attached hydrogens (tertiary/aromatic N) is 2. The van der Waals surface area contributed by atoms with Gasteiger partial charge < -0.3 is 11.1 Å². The second kappa shape index (κ2) is 7.67. The Hall–Kier alpha value is -1.50. The van der Waals surface area contributed by atoms with E-state index in [-0.39, 0.29) is 18.3 Å². The van der Waals surface area contributed by atoms with Crippen molar-refractivity contribution in [3.8, 4) is 0 Å². The number of hydrogen-bond acceptors (Lipinski definition) is 4. The molecule has 2 aromatic rings. The summed E-state index contributed by atoms with van der Waals surface area (Å²) in [5.74, 6) is 0.422. The highest BCUT2D eigenvalue weighted by Gasteiger charge is 2.30. The van der Waals surface area contributed by atoms with Crippen LogP contribution in [0.2, 0.25) is 0 Å². The third kappa shape index (κ3) is 4.50. The van der Waals surface area contributed by atoms with Crippen LogP contribution in [0.25, 0.3) is 0 Å². The SMILES string of the molecule is Cc1nccc(CNC(=O)C(C)(N)c2ccc(Br)cc2)n1.Cl. The van der Waals surface area contributed by atoms with Crippen LogP contribution in [0.5, 0.6) is 0 Å². The number of carbonyl (C=O) groups is 1. The zero-order valence-corrected chi connectivity index (χ0v) is 14.7. The first-order valence-corrected chi connectivity index (χ1v) is 7.30. The molecule has 7 heteroatoms. The molecule has 0 saturated carbocycles. The van der Waals surface area contributed by atoms with E-state index < -0.39 is 5.54 Å². The maximum Gasteiger partial charge on any atom is 0.244 e. The lowest BCUT2D eigenvalue weighted by Gasteiger charge is -2.24. The first kappa shape index (κ1) is 18.5. The molecule has 0 aliphatic carbocycles. The normalized spacial score (nSPS) is 12.9. The molecule has 1 aromatic carbocycles. The second-order valence-corrected chi connectivity index (χ2v) is 5.90. The Morgan fingerprint density at radius 2 is 1.95 bits per heavy atom. The Morgan fingerprint density at radius 1 is 1.32 bits per heavy atom. The van der Waals surface area contributed by atoms with Crippen LogP contribution >= 0.6 is 28.3 Å². The fourth-order valence-electron chi connectivity index (χ4n) is 1.89. The van der Waals surface area contributed by atoms with Gasteiger partial charge in [-0.2, -0.15) is 0 Å². The lowest BCUT2D eigenvalue weighted by Crippen LogP contribution is -2.48. The Balaban J connectivity index is 0.00000242. The highest BCUT2D eigenvalue weighted by atomic mass is 79.9. The van der Waals surface area contributed by atoms with Crippen LogP contribution in [-0.4, -0.2) is 15.9 Å². The molecule has 0 spiro atoms. The van der Waals surface area contributed by atoms with Gasteiger partial charge in [0, 0.05) is 10.7 Å². The summed E-state index contributed by atoms with van der Waals surface area (Å²) in [5, 5.41) is 2.81. The van der Waals surface area contributed by atoms with Crippen LogP contribution in [0, 0.1) is 6.92 Å². The number of carbonyl (C=O) groups excluding carboxylic acids is 1. The maximum absolute atomic E-state index is 12.3. The summed E-state index contributed by atoms with van der Waals surface area (Å²) in [6, 6.07) is 9.15. The van der Waals surface area contributed by atoms with E-state index in [1.807, 2.05) is 24.3 Å². The molecule has 3 N–H and O–H groups in total. The van der Waals surface area contributed by atoms with Crippen molar-refractivity contribution in [3.63, 3.8) is 0 Å². The molecule has 0 aliphatic heterocycles. The average molecular weight is 386 g/mol. The number of hydrogen-bond donors (Lipinski definition) is 2. The van der Waals surface area contributed by atoms with Crippen molar-refractivity contribution >= 4 is 34.2 Å². The van der Waals surface area contributed by atoms with Gasteiger partial charge in [0.15, 0.2) is 0 Å². The lowest BCUT2D eigenvalue weighted by molar-refractivity contribution is -0.126. The molecule has 118 valence electrons. The molecule has 0 bridgehead atoms. The number of benzene rings is 1. The third-order valence-corrected chi connectivity index (χ3v) is 3.71. The first-order valence-electron chi connectivity index (χ1n) is 6.51. The Bertz CT molecular complexity index is 646. The van der Waals surface area contributed by atoms with E-state index in [4.69, 9.17) is 5.73 Å². The molecule has 1 atom stereocenters. The average Bonchev–Trinajstić information content (AvgIpc) is 2.45. The molecule has 1 heterocycles. The topological polar surface area (TPSA) is 80.9 Å². The van der Waals surface area contributed by atoms with E-state index in [9.17, 15) is 4.79 Å². The molecular formula is C15H18BrClN4O. The third-order valence-electron chi connectivity index (χ3n) is 3.18. The van der Waals surface area contributed by atoms with Crippen molar-refractivity contribution in [1.82, 2.24) is 15.3 Å². The first-order chi connectivity index (χ1) is 9.89. The molecule has 2 rings (SSSR count). The van der Waals surface area contributed by atoms with Crippen LogP contribution < -0.4 is 11.1 Å². The summed E-state index contributed by atoms with van der Waals surface area (Å²) in [7, 11) is 0. The highest BCUT2D eigenvalue weighted by Crippen LogP contribution is 2.20. The van der Waals surface area contributed by atoms with Crippen molar-refractivity contribution in [1.29, 1.82) is 0 Å². The van der Waals surface area contributed by atoms with Crippen LogP contribution in [0.3, 0.4) is 0 Å². The molecule has 1 unspecified atom stereocenters. The summed E-state index contributed by atoms with van der Waals surface area (Å²) in [6.07, 6.45) is 1.67. The Morgan fingerprint density at radius 3 is 2.55 bits per heavy atom. The van der Waals surface area contributed by atoms with Gasteiger partial charge in [0.2, 0.25) is 5.91 Å². The summed E-state index contributed by atoms with van der Waals surface area (Å²) in [6.45, 7) is 3.82. The number of amides is 1. The van der Waals surface area contributed by atoms with Crippen LogP contribution in [0.1, 0.15) is 24.0 Å². The van der Waals surface area contributed by atoms with Crippen LogP contribution in [0.4, 0.5) is 0 Å². The van der Waals surface area contributed by atoms with Crippen LogP contribution in [-0.2, 0) is 16.9 Å². The van der Waals surface area contributed by atoms with E-state index in [0.717, 1.165) is 15.7 Å². The minimum Gasteiger partial charge on any atom is -0.349 e. The van der Waals surface area contributed by atoms with Crippen molar-refractivity contribution in [2.24, 2.45) is 5.73 Å². The summed E-state index contributed by atoms with van der Waals surface area (Å²) < 4.78 is 0.943. The van der Waals surface area contributed by atoms with E-state index in [0.29, 0.717) is 12.4 Å². The largest absolute Gasteiger partial charge is 0.349 e. The van der Waals surface area contributed by atoms with Gasteiger partial charge in [-0.25, -0.2) is 9.97 Å². The molecule has 1 amide bonds. The lowest BCUT2D eigenvalue weighted by atomic mass is 9.92. The number of halogens is 2. The molecule has 22 heavy (non-hydrogen) atoms. The smallest absolute Gasteiger partial charge is 0.244 e.